The quantitative estimate of drug-likeness (QED) is 0.805. The van der Waals surface area contributed by atoms with Gasteiger partial charge in [0.25, 0.3) is 0 Å². The Kier molecular flexibility index (Phi) is 5.50. The second-order valence-electron chi connectivity index (χ2n) is 6.60. The van der Waals surface area contributed by atoms with Crippen molar-refractivity contribution < 1.29 is 4.74 Å². The second-order valence-corrected chi connectivity index (χ2v) is 6.60. The van der Waals surface area contributed by atoms with Crippen molar-refractivity contribution in [2.45, 2.75) is 70.8 Å². The van der Waals surface area contributed by atoms with E-state index >= 15 is 0 Å². The van der Waals surface area contributed by atoms with Gasteiger partial charge in [-0.1, -0.05) is 33.1 Å². The fraction of sp³-hybridized carbons (Fsp3) is 1.00. The van der Waals surface area contributed by atoms with Crippen LogP contribution < -0.4 is 5.32 Å². The van der Waals surface area contributed by atoms with Crippen molar-refractivity contribution >= 4 is 0 Å². The van der Waals surface area contributed by atoms with Crippen LogP contribution in [-0.4, -0.2) is 25.3 Å². The summed E-state index contributed by atoms with van der Waals surface area (Å²) in [6, 6.07) is 0. The van der Waals surface area contributed by atoms with Gasteiger partial charge in [0, 0.05) is 6.61 Å². The fourth-order valence-electron chi connectivity index (χ4n) is 3.92. The van der Waals surface area contributed by atoms with Gasteiger partial charge in [-0.3, -0.25) is 0 Å². The highest BCUT2D eigenvalue weighted by atomic mass is 16.5. The van der Waals surface area contributed by atoms with Gasteiger partial charge in [0.1, 0.15) is 0 Å². The van der Waals surface area contributed by atoms with Crippen molar-refractivity contribution in [3.63, 3.8) is 0 Å². The van der Waals surface area contributed by atoms with Crippen LogP contribution in [-0.2, 0) is 4.74 Å². The van der Waals surface area contributed by atoms with Crippen molar-refractivity contribution in [2.24, 2.45) is 11.8 Å². The summed E-state index contributed by atoms with van der Waals surface area (Å²) < 4.78 is 6.18. The van der Waals surface area contributed by atoms with E-state index in [2.05, 4.69) is 19.2 Å². The number of ether oxygens (including phenoxy) is 1. The van der Waals surface area contributed by atoms with E-state index in [1.807, 2.05) is 0 Å². The molecule has 2 aliphatic rings. The lowest BCUT2D eigenvalue weighted by Gasteiger charge is -2.44. The van der Waals surface area contributed by atoms with Gasteiger partial charge in [0.2, 0.25) is 0 Å². The van der Waals surface area contributed by atoms with E-state index in [-0.39, 0.29) is 0 Å². The van der Waals surface area contributed by atoms with Crippen LogP contribution in [0.4, 0.5) is 0 Å². The Morgan fingerprint density at radius 3 is 2.78 bits per heavy atom. The highest BCUT2D eigenvalue weighted by Crippen LogP contribution is 2.42. The van der Waals surface area contributed by atoms with E-state index in [1.165, 1.54) is 57.9 Å². The number of rotatable bonds is 5. The molecule has 2 atom stereocenters. The highest BCUT2D eigenvalue weighted by molar-refractivity contribution is 4.90. The molecule has 2 heteroatoms. The first-order valence-corrected chi connectivity index (χ1v) is 8.09. The van der Waals surface area contributed by atoms with Crippen LogP contribution in [0, 0.1) is 11.8 Å². The van der Waals surface area contributed by atoms with E-state index < -0.39 is 0 Å². The Hall–Kier alpha value is -0.0800. The van der Waals surface area contributed by atoms with Crippen molar-refractivity contribution in [3.05, 3.63) is 0 Å². The topological polar surface area (TPSA) is 21.3 Å². The molecule has 2 rings (SSSR count). The van der Waals surface area contributed by atoms with E-state index in [1.54, 1.807) is 0 Å². The average molecular weight is 253 g/mol. The Morgan fingerprint density at radius 2 is 2.06 bits per heavy atom. The van der Waals surface area contributed by atoms with E-state index in [0.717, 1.165) is 25.0 Å². The van der Waals surface area contributed by atoms with Gasteiger partial charge in [-0.15, -0.1) is 0 Å². The zero-order valence-electron chi connectivity index (χ0n) is 12.3. The molecule has 0 aromatic rings. The first kappa shape index (κ1) is 14.3. The zero-order chi connectivity index (χ0) is 12.8. The summed E-state index contributed by atoms with van der Waals surface area (Å²) >= 11 is 0. The predicted octanol–water partition coefficient (Wildman–Crippen LogP) is 3.75. The van der Waals surface area contributed by atoms with Crippen LogP contribution in [0.3, 0.4) is 0 Å². The first-order chi connectivity index (χ1) is 8.74. The molecule has 106 valence electrons. The van der Waals surface area contributed by atoms with E-state index in [9.17, 15) is 0 Å². The lowest BCUT2D eigenvalue weighted by molar-refractivity contribution is -0.119. The van der Waals surface area contributed by atoms with Crippen LogP contribution in [0.1, 0.15) is 65.2 Å². The molecule has 2 fully saturated rings. The van der Waals surface area contributed by atoms with Crippen LogP contribution in [0.25, 0.3) is 0 Å². The maximum Gasteiger partial charge on any atom is 0.0685 e. The minimum absolute atomic E-state index is 0.291. The monoisotopic (exact) mass is 253 g/mol. The lowest BCUT2D eigenvalue weighted by atomic mass is 9.74. The summed E-state index contributed by atoms with van der Waals surface area (Å²) in [5, 5.41) is 3.48. The van der Waals surface area contributed by atoms with Crippen molar-refractivity contribution in [2.75, 3.05) is 19.7 Å². The van der Waals surface area contributed by atoms with Crippen molar-refractivity contribution in [3.8, 4) is 0 Å². The standard InChI is InChI=1S/C16H31NO/c1-3-17-13-14(2)11-15-7-10-18-16(12-15)8-5-4-6-9-16/h14-15,17H,3-13H2,1-2H3. The summed E-state index contributed by atoms with van der Waals surface area (Å²) in [7, 11) is 0. The summed E-state index contributed by atoms with van der Waals surface area (Å²) in [6.45, 7) is 7.88. The summed E-state index contributed by atoms with van der Waals surface area (Å²) in [4.78, 5) is 0. The molecule has 1 saturated carbocycles. The van der Waals surface area contributed by atoms with Crippen LogP contribution in [0.15, 0.2) is 0 Å². The molecular formula is C16H31NO. The Balaban J connectivity index is 1.79. The molecular weight excluding hydrogens is 222 g/mol. The molecule has 0 aromatic carbocycles. The molecule has 1 spiro atoms. The molecule has 18 heavy (non-hydrogen) atoms. The molecule has 1 heterocycles. The average Bonchev–Trinajstić information content (AvgIpc) is 2.37. The van der Waals surface area contributed by atoms with Crippen molar-refractivity contribution in [1.82, 2.24) is 5.32 Å². The maximum atomic E-state index is 6.18. The molecule has 1 saturated heterocycles. The Labute approximate surface area is 113 Å². The van der Waals surface area contributed by atoms with Crippen LogP contribution in [0.5, 0.6) is 0 Å². The molecule has 1 aliphatic heterocycles. The third kappa shape index (κ3) is 3.96. The van der Waals surface area contributed by atoms with Gasteiger partial charge in [0.05, 0.1) is 5.60 Å². The smallest absolute Gasteiger partial charge is 0.0685 e. The molecule has 1 N–H and O–H groups in total. The molecule has 2 nitrogen and oxygen atoms in total. The van der Waals surface area contributed by atoms with Gasteiger partial charge in [-0.05, 0) is 57.0 Å². The third-order valence-corrected chi connectivity index (χ3v) is 4.84. The minimum Gasteiger partial charge on any atom is -0.375 e. The van der Waals surface area contributed by atoms with Crippen molar-refractivity contribution in [1.29, 1.82) is 0 Å². The summed E-state index contributed by atoms with van der Waals surface area (Å²) in [5.74, 6) is 1.72. The summed E-state index contributed by atoms with van der Waals surface area (Å²) in [5.41, 5.74) is 0.291. The third-order valence-electron chi connectivity index (χ3n) is 4.84. The van der Waals surface area contributed by atoms with Crippen LogP contribution >= 0.6 is 0 Å². The molecule has 0 radical (unpaired) electrons. The number of nitrogens with one attached hydrogen (secondary N) is 1. The first-order valence-electron chi connectivity index (χ1n) is 8.09. The van der Waals surface area contributed by atoms with Gasteiger partial charge in [-0.25, -0.2) is 0 Å². The lowest BCUT2D eigenvalue weighted by Crippen LogP contribution is -2.42. The van der Waals surface area contributed by atoms with E-state index in [0.29, 0.717) is 5.60 Å². The molecule has 0 bridgehead atoms. The van der Waals surface area contributed by atoms with Gasteiger partial charge < -0.3 is 10.1 Å². The van der Waals surface area contributed by atoms with Gasteiger partial charge in [-0.2, -0.15) is 0 Å². The maximum absolute atomic E-state index is 6.18. The minimum atomic E-state index is 0.291. The van der Waals surface area contributed by atoms with E-state index in [4.69, 9.17) is 4.74 Å². The highest BCUT2D eigenvalue weighted by Gasteiger charge is 2.38. The Bertz CT molecular complexity index is 230. The normalized spacial score (nSPS) is 29.3. The number of hydrogen-bond acceptors (Lipinski definition) is 2. The molecule has 2 unspecified atom stereocenters. The number of hydrogen-bond donors (Lipinski definition) is 1. The zero-order valence-corrected chi connectivity index (χ0v) is 12.3. The van der Waals surface area contributed by atoms with Gasteiger partial charge in [0.15, 0.2) is 0 Å². The largest absolute Gasteiger partial charge is 0.375 e. The summed E-state index contributed by atoms with van der Waals surface area (Å²) in [6.07, 6.45) is 10.9. The second kappa shape index (κ2) is 6.91. The molecule has 0 aromatic heterocycles. The Morgan fingerprint density at radius 1 is 1.28 bits per heavy atom. The fourth-order valence-corrected chi connectivity index (χ4v) is 3.92. The SMILES string of the molecule is CCNCC(C)CC1CCOC2(CCCCC2)C1. The van der Waals surface area contributed by atoms with Gasteiger partial charge >= 0.3 is 0 Å². The molecule has 1 aliphatic carbocycles. The molecule has 0 amide bonds. The van der Waals surface area contributed by atoms with Crippen LogP contribution in [0.2, 0.25) is 0 Å². The predicted molar refractivity (Wildman–Crippen MR) is 76.8 cm³/mol.